The Morgan fingerprint density at radius 2 is 1.82 bits per heavy atom. The van der Waals surface area contributed by atoms with Crippen LogP contribution >= 0.6 is 12.2 Å². The molecule has 0 aliphatic heterocycles. The van der Waals surface area contributed by atoms with Gasteiger partial charge in [0.25, 0.3) is 0 Å². The van der Waals surface area contributed by atoms with Crippen LogP contribution in [-0.2, 0) is 4.79 Å². The molecule has 0 atom stereocenters. The van der Waals surface area contributed by atoms with Crippen LogP contribution < -0.4 is 20.1 Å². The normalized spacial score (nSPS) is 11.1. The maximum Gasteiger partial charge on any atom is 0.250 e. The SMILES string of the molecule is COc1ccc(C=CC(=O)NC(=S)NC(C)(C)C)cc1OC. The van der Waals surface area contributed by atoms with Gasteiger partial charge in [-0.05, 0) is 56.8 Å². The molecule has 0 unspecified atom stereocenters. The number of ether oxygens (including phenoxy) is 2. The van der Waals surface area contributed by atoms with Crippen LogP contribution in [0, 0.1) is 0 Å². The first-order valence-electron chi connectivity index (χ1n) is 6.78. The molecule has 1 aromatic carbocycles. The molecule has 2 N–H and O–H groups in total. The first-order valence-corrected chi connectivity index (χ1v) is 7.19. The number of thiocarbonyl (C=S) groups is 1. The van der Waals surface area contributed by atoms with E-state index in [2.05, 4.69) is 10.6 Å². The van der Waals surface area contributed by atoms with Crippen LogP contribution in [0.1, 0.15) is 26.3 Å². The zero-order chi connectivity index (χ0) is 16.8. The summed E-state index contributed by atoms with van der Waals surface area (Å²) in [6, 6.07) is 5.40. The third-order valence-corrected chi connectivity index (χ3v) is 2.76. The Morgan fingerprint density at radius 3 is 2.36 bits per heavy atom. The summed E-state index contributed by atoms with van der Waals surface area (Å²) < 4.78 is 10.4. The summed E-state index contributed by atoms with van der Waals surface area (Å²) in [6.45, 7) is 5.89. The third kappa shape index (κ3) is 6.13. The Hall–Kier alpha value is -2.08. The summed E-state index contributed by atoms with van der Waals surface area (Å²) in [5.41, 5.74) is 0.625. The van der Waals surface area contributed by atoms with Gasteiger partial charge in [0.1, 0.15) is 0 Å². The van der Waals surface area contributed by atoms with E-state index in [1.807, 2.05) is 26.8 Å². The van der Waals surface area contributed by atoms with E-state index >= 15 is 0 Å². The topological polar surface area (TPSA) is 59.6 Å². The van der Waals surface area contributed by atoms with E-state index in [4.69, 9.17) is 21.7 Å². The predicted octanol–water partition coefficient (Wildman–Crippen LogP) is 2.51. The zero-order valence-corrected chi connectivity index (χ0v) is 14.3. The van der Waals surface area contributed by atoms with Crippen molar-refractivity contribution in [2.75, 3.05) is 14.2 Å². The molecule has 0 fully saturated rings. The standard InChI is InChI=1S/C16H22N2O3S/c1-16(2,3)18-15(22)17-14(19)9-7-11-6-8-12(20-4)13(10-11)21-5/h6-10H,1-5H3,(H2,17,18,19,22). The first-order chi connectivity index (χ1) is 10.2. The van der Waals surface area contributed by atoms with Gasteiger partial charge in [-0.25, -0.2) is 0 Å². The highest BCUT2D eigenvalue weighted by atomic mass is 32.1. The molecule has 0 aromatic heterocycles. The van der Waals surface area contributed by atoms with Crippen LogP contribution in [-0.4, -0.2) is 30.8 Å². The lowest BCUT2D eigenvalue weighted by Gasteiger charge is -2.22. The summed E-state index contributed by atoms with van der Waals surface area (Å²) in [6.07, 6.45) is 3.09. The van der Waals surface area contributed by atoms with Gasteiger partial charge in [0.05, 0.1) is 14.2 Å². The Bertz CT molecular complexity index is 577. The van der Waals surface area contributed by atoms with Gasteiger partial charge < -0.3 is 14.8 Å². The molecule has 5 nitrogen and oxygen atoms in total. The summed E-state index contributed by atoms with van der Waals surface area (Å²) in [5.74, 6) is 0.950. The Kier molecular flexibility index (Phi) is 6.37. The Morgan fingerprint density at radius 1 is 1.18 bits per heavy atom. The minimum absolute atomic E-state index is 0.197. The monoisotopic (exact) mass is 322 g/mol. The van der Waals surface area contributed by atoms with Crippen molar-refractivity contribution >= 4 is 29.3 Å². The highest BCUT2D eigenvalue weighted by molar-refractivity contribution is 7.80. The summed E-state index contributed by atoms with van der Waals surface area (Å²) in [5, 5.41) is 5.91. The molecule has 0 aliphatic carbocycles. The smallest absolute Gasteiger partial charge is 0.250 e. The van der Waals surface area contributed by atoms with Gasteiger partial charge in [0.15, 0.2) is 16.6 Å². The minimum atomic E-state index is -0.295. The van der Waals surface area contributed by atoms with E-state index in [9.17, 15) is 4.79 Å². The highest BCUT2D eigenvalue weighted by Gasteiger charge is 2.11. The predicted molar refractivity (Wildman–Crippen MR) is 92.2 cm³/mol. The highest BCUT2D eigenvalue weighted by Crippen LogP contribution is 2.27. The molecule has 0 aliphatic rings. The van der Waals surface area contributed by atoms with Crippen molar-refractivity contribution in [3.05, 3.63) is 29.8 Å². The quantitative estimate of drug-likeness (QED) is 0.659. The van der Waals surface area contributed by atoms with Gasteiger partial charge in [0, 0.05) is 11.6 Å². The van der Waals surface area contributed by atoms with Crippen LogP contribution in [0.3, 0.4) is 0 Å². The number of methoxy groups -OCH3 is 2. The van der Waals surface area contributed by atoms with Crippen molar-refractivity contribution in [1.82, 2.24) is 10.6 Å². The molecule has 0 saturated heterocycles. The molecule has 1 amide bonds. The second-order valence-electron chi connectivity index (χ2n) is 5.64. The summed E-state index contributed by atoms with van der Waals surface area (Å²) in [7, 11) is 3.14. The number of amides is 1. The molecule has 0 heterocycles. The van der Waals surface area contributed by atoms with Gasteiger partial charge in [-0.15, -0.1) is 0 Å². The van der Waals surface area contributed by atoms with Crippen molar-refractivity contribution in [1.29, 1.82) is 0 Å². The number of carbonyl (C=O) groups is 1. The van der Waals surface area contributed by atoms with E-state index in [0.717, 1.165) is 5.56 Å². The number of rotatable bonds is 4. The lowest BCUT2D eigenvalue weighted by molar-refractivity contribution is -0.115. The van der Waals surface area contributed by atoms with Crippen LogP contribution in [0.5, 0.6) is 11.5 Å². The fourth-order valence-corrected chi connectivity index (χ4v) is 2.06. The van der Waals surface area contributed by atoms with E-state index in [1.165, 1.54) is 6.08 Å². The van der Waals surface area contributed by atoms with Crippen molar-refractivity contribution in [3.8, 4) is 11.5 Å². The molecule has 22 heavy (non-hydrogen) atoms. The average molecular weight is 322 g/mol. The first kappa shape index (κ1) is 18.0. The van der Waals surface area contributed by atoms with Gasteiger partial charge in [0.2, 0.25) is 5.91 Å². The molecular formula is C16H22N2O3S. The number of nitrogens with one attached hydrogen (secondary N) is 2. The molecule has 6 heteroatoms. The van der Waals surface area contributed by atoms with Crippen LogP contribution in [0.25, 0.3) is 6.08 Å². The fourth-order valence-electron chi connectivity index (χ4n) is 1.65. The molecule has 1 aromatic rings. The van der Waals surface area contributed by atoms with Crippen LogP contribution in [0.4, 0.5) is 0 Å². The number of carbonyl (C=O) groups excluding carboxylic acids is 1. The van der Waals surface area contributed by atoms with E-state index in [1.54, 1.807) is 32.4 Å². The lowest BCUT2D eigenvalue weighted by Crippen LogP contribution is -2.47. The second-order valence-corrected chi connectivity index (χ2v) is 6.05. The van der Waals surface area contributed by atoms with Gasteiger partial charge in [-0.3, -0.25) is 10.1 Å². The molecule has 0 bridgehead atoms. The maximum absolute atomic E-state index is 11.8. The molecule has 120 valence electrons. The largest absolute Gasteiger partial charge is 0.493 e. The van der Waals surface area contributed by atoms with Crippen molar-refractivity contribution in [2.45, 2.75) is 26.3 Å². The fraction of sp³-hybridized carbons (Fsp3) is 0.375. The molecule has 0 spiro atoms. The number of hydrogen-bond acceptors (Lipinski definition) is 4. The van der Waals surface area contributed by atoms with Crippen molar-refractivity contribution < 1.29 is 14.3 Å². The van der Waals surface area contributed by atoms with E-state index in [0.29, 0.717) is 16.6 Å². The number of benzene rings is 1. The van der Waals surface area contributed by atoms with Gasteiger partial charge in [-0.2, -0.15) is 0 Å². The van der Waals surface area contributed by atoms with Crippen LogP contribution in [0.15, 0.2) is 24.3 Å². The van der Waals surface area contributed by atoms with Gasteiger partial charge >= 0.3 is 0 Å². The zero-order valence-electron chi connectivity index (χ0n) is 13.5. The molecule has 0 radical (unpaired) electrons. The van der Waals surface area contributed by atoms with Crippen LogP contribution in [0.2, 0.25) is 0 Å². The van der Waals surface area contributed by atoms with Crippen molar-refractivity contribution in [2.24, 2.45) is 0 Å². The summed E-state index contributed by atoms with van der Waals surface area (Å²) in [4.78, 5) is 11.8. The minimum Gasteiger partial charge on any atom is -0.493 e. The van der Waals surface area contributed by atoms with E-state index < -0.39 is 0 Å². The lowest BCUT2D eigenvalue weighted by atomic mass is 10.1. The third-order valence-electron chi connectivity index (χ3n) is 2.56. The van der Waals surface area contributed by atoms with Gasteiger partial charge in [-0.1, -0.05) is 6.07 Å². The number of hydrogen-bond donors (Lipinski definition) is 2. The van der Waals surface area contributed by atoms with Crippen molar-refractivity contribution in [3.63, 3.8) is 0 Å². The Balaban J connectivity index is 2.68. The molecule has 1 rings (SSSR count). The molecule has 0 saturated carbocycles. The summed E-state index contributed by atoms with van der Waals surface area (Å²) >= 11 is 5.07. The average Bonchev–Trinajstić information content (AvgIpc) is 2.42. The Labute approximate surface area is 136 Å². The second kappa shape index (κ2) is 7.79. The van der Waals surface area contributed by atoms with E-state index in [-0.39, 0.29) is 11.4 Å². The molecular weight excluding hydrogens is 300 g/mol. The maximum atomic E-state index is 11.8.